The predicted octanol–water partition coefficient (Wildman–Crippen LogP) is 3.61. The molecule has 136 valence electrons. The van der Waals surface area contributed by atoms with Gasteiger partial charge >= 0.3 is 0 Å². The molecule has 0 unspecified atom stereocenters. The Morgan fingerprint density at radius 3 is 2.48 bits per heavy atom. The number of nitrogens with one attached hydrogen (secondary N) is 1. The molecule has 0 aliphatic heterocycles. The lowest BCUT2D eigenvalue weighted by Crippen LogP contribution is -2.30. The van der Waals surface area contributed by atoms with Crippen molar-refractivity contribution in [2.45, 2.75) is 18.7 Å². The molecule has 1 aromatic heterocycles. The molecule has 25 heavy (non-hydrogen) atoms. The van der Waals surface area contributed by atoms with Gasteiger partial charge in [0.2, 0.25) is 10.0 Å². The lowest BCUT2D eigenvalue weighted by molar-refractivity contribution is 0.101. The number of carbonyl (C=O) groups is 1. The maximum atomic E-state index is 12.6. The Labute approximate surface area is 157 Å². The number of halogens is 2. The first-order valence-electron chi connectivity index (χ1n) is 7.64. The number of carbonyl (C=O) groups excluding carboxylic acids is 1. The van der Waals surface area contributed by atoms with Gasteiger partial charge in [-0.15, -0.1) is 0 Å². The van der Waals surface area contributed by atoms with Crippen molar-refractivity contribution in [2.75, 3.05) is 18.4 Å². The standard InChI is InChI=1S/C16H19Cl2N3O3S/c1-4-21(5-2)25(23,24)11-9-14(20(3)10-11)16(22)19-13-8-6-7-12(17)15(13)18/h6-10H,4-5H2,1-3H3,(H,19,22). The summed E-state index contributed by atoms with van der Waals surface area (Å²) in [4.78, 5) is 12.6. The van der Waals surface area contributed by atoms with E-state index in [4.69, 9.17) is 23.2 Å². The topological polar surface area (TPSA) is 71.4 Å². The highest BCUT2D eigenvalue weighted by Crippen LogP contribution is 2.30. The summed E-state index contributed by atoms with van der Waals surface area (Å²) in [6.45, 7) is 4.23. The van der Waals surface area contributed by atoms with Crippen molar-refractivity contribution in [3.63, 3.8) is 0 Å². The second kappa shape index (κ2) is 7.78. The summed E-state index contributed by atoms with van der Waals surface area (Å²) < 4.78 is 28.0. The summed E-state index contributed by atoms with van der Waals surface area (Å²) in [5, 5.41) is 3.19. The number of hydrogen-bond donors (Lipinski definition) is 1. The quantitative estimate of drug-likeness (QED) is 0.800. The Morgan fingerprint density at radius 1 is 1.24 bits per heavy atom. The number of amides is 1. The van der Waals surface area contributed by atoms with Crippen molar-refractivity contribution in [3.8, 4) is 0 Å². The summed E-state index contributed by atoms with van der Waals surface area (Å²) >= 11 is 12.0. The van der Waals surface area contributed by atoms with Gasteiger partial charge in [0, 0.05) is 26.3 Å². The Bertz CT molecular complexity index is 890. The van der Waals surface area contributed by atoms with Crippen LogP contribution in [0.4, 0.5) is 5.69 Å². The molecule has 0 bridgehead atoms. The van der Waals surface area contributed by atoms with Crippen molar-refractivity contribution >= 4 is 44.8 Å². The van der Waals surface area contributed by atoms with Crippen molar-refractivity contribution in [2.24, 2.45) is 7.05 Å². The fourth-order valence-corrected chi connectivity index (χ4v) is 4.28. The van der Waals surface area contributed by atoms with E-state index >= 15 is 0 Å². The van der Waals surface area contributed by atoms with Crippen LogP contribution in [0.15, 0.2) is 35.4 Å². The Hall–Kier alpha value is -1.54. The van der Waals surface area contributed by atoms with E-state index in [9.17, 15) is 13.2 Å². The molecular formula is C16H19Cl2N3O3S. The van der Waals surface area contributed by atoms with E-state index in [-0.39, 0.29) is 15.6 Å². The molecule has 1 amide bonds. The molecule has 6 nitrogen and oxygen atoms in total. The van der Waals surface area contributed by atoms with Gasteiger partial charge in [-0.2, -0.15) is 4.31 Å². The molecule has 9 heteroatoms. The van der Waals surface area contributed by atoms with E-state index in [1.165, 1.54) is 21.1 Å². The minimum Gasteiger partial charge on any atom is -0.345 e. The monoisotopic (exact) mass is 403 g/mol. The highest BCUT2D eigenvalue weighted by molar-refractivity contribution is 7.89. The fraction of sp³-hybridized carbons (Fsp3) is 0.312. The highest BCUT2D eigenvalue weighted by atomic mass is 35.5. The molecule has 0 atom stereocenters. The van der Waals surface area contributed by atoms with Crippen LogP contribution in [0.5, 0.6) is 0 Å². The van der Waals surface area contributed by atoms with E-state index in [0.717, 1.165) is 0 Å². The first kappa shape index (κ1) is 19.8. The minimum atomic E-state index is -3.64. The number of aromatic nitrogens is 1. The van der Waals surface area contributed by atoms with Crippen LogP contribution in [-0.4, -0.2) is 36.3 Å². The maximum absolute atomic E-state index is 12.6. The number of benzene rings is 1. The van der Waals surface area contributed by atoms with Gasteiger partial charge < -0.3 is 9.88 Å². The zero-order valence-electron chi connectivity index (χ0n) is 14.1. The van der Waals surface area contributed by atoms with E-state index in [0.29, 0.717) is 23.8 Å². The van der Waals surface area contributed by atoms with E-state index in [1.807, 2.05) is 0 Å². The van der Waals surface area contributed by atoms with E-state index < -0.39 is 15.9 Å². The summed E-state index contributed by atoms with van der Waals surface area (Å²) in [5.74, 6) is -0.479. The SMILES string of the molecule is CCN(CC)S(=O)(=O)c1cc(C(=O)Nc2cccc(Cl)c2Cl)n(C)c1. The third kappa shape index (κ3) is 4.00. The van der Waals surface area contributed by atoms with Crippen LogP contribution in [0.1, 0.15) is 24.3 Å². The predicted molar refractivity (Wildman–Crippen MR) is 99.9 cm³/mol. The lowest BCUT2D eigenvalue weighted by atomic mass is 10.3. The molecule has 0 aliphatic rings. The first-order chi connectivity index (χ1) is 11.7. The van der Waals surface area contributed by atoms with Crippen LogP contribution >= 0.6 is 23.2 Å². The molecule has 2 aromatic rings. The van der Waals surface area contributed by atoms with Gasteiger partial charge in [0.15, 0.2) is 0 Å². The average molecular weight is 404 g/mol. The largest absolute Gasteiger partial charge is 0.345 e. The van der Waals surface area contributed by atoms with Gasteiger partial charge in [0.1, 0.15) is 10.6 Å². The molecule has 2 rings (SSSR count). The van der Waals surface area contributed by atoms with Crippen LogP contribution in [0.2, 0.25) is 10.0 Å². The molecule has 1 aromatic carbocycles. The highest BCUT2D eigenvalue weighted by Gasteiger charge is 2.25. The second-order valence-corrected chi connectivity index (χ2v) is 8.04. The fourth-order valence-electron chi connectivity index (χ4n) is 2.40. The van der Waals surface area contributed by atoms with Crippen molar-refractivity contribution in [1.29, 1.82) is 0 Å². The van der Waals surface area contributed by atoms with E-state index in [1.54, 1.807) is 39.1 Å². The molecule has 0 saturated carbocycles. The normalized spacial score (nSPS) is 11.8. The number of hydrogen-bond acceptors (Lipinski definition) is 3. The van der Waals surface area contributed by atoms with Crippen molar-refractivity contribution < 1.29 is 13.2 Å². The number of rotatable bonds is 6. The first-order valence-corrected chi connectivity index (χ1v) is 9.83. The molecule has 1 heterocycles. The third-order valence-corrected chi connectivity index (χ3v) is 6.59. The Kier molecular flexibility index (Phi) is 6.16. The molecule has 0 radical (unpaired) electrons. The van der Waals surface area contributed by atoms with Crippen LogP contribution in [0.25, 0.3) is 0 Å². The van der Waals surface area contributed by atoms with E-state index in [2.05, 4.69) is 5.32 Å². The molecule has 0 fully saturated rings. The maximum Gasteiger partial charge on any atom is 0.272 e. The van der Waals surface area contributed by atoms with Crippen molar-refractivity contribution in [3.05, 3.63) is 46.2 Å². The Balaban J connectivity index is 2.34. The van der Waals surface area contributed by atoms with Gasteiger partial charge in [-0.25, -0.2) is 8.42 Å². The smallest absolute Gasteiger partial charge is 0.272 e. The van der Waals surface area contributed by atoms with Crippen LogP contribution in [-0.2, 0) is 17.1 Å². The summed E-state index contributed by atoms with van der Waals surface area (Å²) in [7, 11) is -2.03. The van der Waals surface area contributed by atoms with Gasteiger partial charge in [-0.3, -0.25) is 4.79 Å². The summed E-state index contributed by atoms with van der Waals surface area (Å²) in [6.07, 6.45) is 1.42. The molecule has 0 saturated heterocycles. The third-order valence-electron chi connectivity index (χ3n) is 3.76. The number of aryl methyl sites for hydroxylation is 1. The molecule has 1 N–H and O–H groups in total. The zero-order chi connectivity index (χ0) is 18.8. The lowest BCUT2D eigenvalue weighted by Gasteiger charge is -2.17. The molecular weight excluding hydrogens is 385 g/mol. The summed E-state index contributed by atoms with van der Waals surface area (Å²) in [5.41, 5.74) is 0.551. The van der Waals surface area contributed by atoms with Crippen molar-refractivity contribution in [1.82, 2.24) is 8.87 Å². The summed E-state index contributed by atoms with van der Waals surface area (Å²) in [6, 6.07) is 6.23. The van der Waals surface area contributed by atoms with Crippen LogP contribution in [0.3, 0.4) is 0 Å². The minimum absolute atomic E-state index is 0.0704. The number of sulfonamides is 1. The zero-order valence-corrected chi connectivity index (χ0v) is 16.4. The molecule has 0 aliphatic carbocycles. The second-order valence-electron chi connectivity index (χ2n) is 5.32. The van der Waals surface area contributed by atoms with Gasteiger partial charge in [0.05, 0.1) is 15.7 Å². The van der Waals surface area contributed by atoms with Gasteiger partial charge in [-0.05, 0) is 18.2 Å². The van der Waals surface area contributed by atoms with Crippen LogP contribution < -0.4 is 5.32 Å². The van der Waals surface area contributed by atoms with Crippen LogP contribution in [0, 0.1) is 0 Å². The number of nitrogens with zero attached hydrogens (tertiary/aromatic N) is 2. The Morgan fingerprint density at radius 2 is 1.88 bits per heavy atom. The van der Waals surface area contributed by atoms with Gasteiger partial charge in [0.25, 0.3) is 5.91 Å². The van der Waals surface area contributed by atoms with Gasteiger partial charge in [-0.1, -0.05) is 43.1 Å². The molecule has 0 spiro atoms. The average Bonchev–Trinajstić information content (AvgIpc) is 2.95. The number of anilines is 1.